The van der Waals surface area contributed by atoms with Crippen LogP contribution in [0.25, 0.3) is 11.7 Å². The second-order valence-corrected chi connectivity index (χ2v) is 5.78. The lowest BCUT2D eigenvalue weighted by molar-refractivity contribution is -0.116. The van der Waals surface area contributed by atoms with Crippen LogP contribution in [0.3, 0.4) is 0 Å². The molecule has 5 heteroatoms. The smallest absolute Gasteiger partial charge is 0.244 e. The molecule has 24 heavy (non-hydrogen) atoms. The third-order valence-electron chi connectivity index (χ3n) is 3.87. The number of aryl methyl sites for hydroxylation is 2. The first-order valence-corrected chi connectivity index (χ1v) is 7.95. The lowest BCUT2D eigenvalue weighted by Gasteiger charge is -2.03. The van der Waals surface area contributed by atoms with Crippen LogP contribution in [0.15, 0.2) is 48.7 Å². The van der Waals surface area contributed by atoms with E-state index in [0.717, 1.165) is 22.6 Å². The van der Waals surface area contributed by atoms with Gasteiger partial charge in [0.15, 0.2) is 5.65 Å². The van der Waals surface area contributed by atoms with Crippen LogP contribution in [-0.4, -0.2) is 27.0 Å². The van der Waals surface area contributed by atoms with Crippen LogP contribution in [-0.2, 0) is 11.2 Å². The Bertz CT molecular complexity index is 895. The molecule has 0 bridgehead atoms. The SMILES string of the molecule is Cc1ccc(/C=C/C(=O)NCCc2nnc3ccccn23)c(C)c1. The number of carbonyl (C=O) groups excluding carboxylic acids is 1. The molecule has 0 spiro atoms. The zero-order valence-electron chi connectivity index (χ0n) is 13.9. The van der Waals surface area contributed by atoms with Crippen molar-refractivity contribution >= 4 is 17.6 Å². The number of hydrogen-bond acceptors (Lipinski definition) is 3. The first kappa shape index (κ1) is 15.9. The largest absolute Gasteiger partial charge is 0.352 e. The third-order valence-corrected chi connectivity index (χ3v) is 3.87. The van der Waals surface area contributed by atoms with Gasteiger partial charge < -0.3 is 5.32 Å². The summed E-state index contributed by atoms with van der Waals surface area (Å²) in [5.41, 5.74) is 4.25. The highest BCUT2D eigenvalue weighted by atomic mass is 16.1. The normalized spacial score (nSPS) is 11.2. The van der Waals surface area contributed by atoms with E-state index in [4.69, 9.17) is 0 Å². The minimum atomic E-state index is -0.108. The van der Waals surface area contributed by atoms with E-state index in [2.05, 4.69) is 28.5 Å². The van der Waals surface area contributed by atoms with Gasteiger partial charge in [-0.15, -0.1) is 10.2 Å². The van der Waals surface area contributed by atoms with Crippen molar-refractivity contribution < 1.29 is 4.79 Å². The summed E-state index contributed by atoms with van der Waals surface area (Å²) in [4.78, 5) is 11.9. The average Bonchev–Trinajstić information content (AvgIpc) is 2.97. The molecular formula is C19H20N4O. The molecule has 0 radical (unpaired) electrons. The van der Waals surface area contributed by atoms with E-state index in [-0.39, 0.29) is 5.91 Å². The Morgan fingerprint density at radius 1 is 1.21 bits per heavy atom. The fraction of sp³-hybridized carbons (Fsp3) is 0.211. The van der Waals surface area contributed by atoms with E-state index < -0.39 is 0 Å². The molecule has 0 unspecified atom stereocenters. The Morgan fingerprint density at radius 2 is 2.08 bits per heavy atom. The molecule has 0 fully saturated rings. The van der Waals surface area contributed by atoms with E-state index in [1.807, 2.05) is 53.9 Å². The number of hydrogen-bond donors (Lipinski definition) is 1. The molecule has 122 valence electrons. The predicted octanol–water partition coefficient (Wildman–Crippen LogP) is 2.72. The monoisotopic (exact) mass is 320 g/mol. The highest BCUT2D eigenvalue weighted by Gasteiger charge is 2.04. The maximum Gasteiger partial charge on any atom is 0.244 e. The summed E-state index contributed by atoms with van der Waals surface area (Å²) < 4.78 is 1.93. The van der Waals surface area contributed by atoms with Crippen LogP contribution in [0.5, 0.6) is 0 Å². The molecule has 0 aliphatic rings. The quantitative estimate of drug-likeness (QED) is 0.735. The van der Waals surface area contributed by atoms with E-state index in [9.17, 15) is 4.79 Å². The number of amides is 1. The van der Waals surface area contributed by atoms with Gasteiger partial charge in [0, 0.05) is 25.2 Å². The molecule has 0 saturated carbocycles. The summed E-state index contributed by atoms with van der Waals surface area (Å²) in [6, 6.07) is 11.9. The van der Waals surface area contributed by atoms with Crippen molar-refractivity contribution in [1.29, 1.82) is 0 Å². The Morgan fingerprint density at radius 3 is 2.92 bits per heavy atom. The standard InChI is InChI=1S/C19H20N4O/c1-14-6-7-16(15(2)13-14)8-9-19(24)20-11-10-18-22-21-17-5-3-4-12-23(17)18/h3-9,12-13H,10-11H2,1-2H3,(H,20,24)/b9-8+. The molecule has 3 rings (SSSR count). The van der Waals surface area contributed by atoms with E-state index in [0.29, 0.717) is 13.0 Å². The fourth-order valence-corrected chi connectivity index (χ4v) is 2.60. The van der Waals surface area contributed by atoms with E-state index in [1.165, 1.54) is 5.56 Å². The Labute approximate surface area is 141 Å². The van der Waals surface area contributed by atoms with Crippen LogP contribution in [0.1, 0.15) is 22.5 Å². The van der Waals surface area contributed by atoms with Crippen LogP contribution >= 0.6 is 0 Å². The van der Waals surface area contributed by atoms with Crippen LogP contribution < -0.4 is 5.32 Å². The minimum Gasteiger partial charge on any atom is -0.352 e. The molecule has 0 aliphatic carbocycles. The van der Waals surface area contributed by atoms with Crippen molar-refractivity contribution in [3.8, 4) is 0 Å². The van der Waals surface area contributed by atoms with Gasteiger partial charge in [-0.1, -0.05) is 29.8 Å². The van der Waals surface area contributed by atoms with Crippen molar-refractivity contribution in [3.63, 3.8) is 0 Å². The molecule has 0 atom stereocenters. The second kappa shape index (κ2) is 7.08. The molecule has 1 N–H and O–H groups in total. The highest BCUT2D eigenvalue weighted by Crippen LogP contribution is 2.11. The topological polar surface area (TPSA) is 59.3 Å². The third kappa shape index (κ3) is 3.68. The summed E-state index contributed by atoms with van der Waals surface area (Å²) >= 11 is 0. The first-order valence-electron chi connectivity index (χ1n) is 7.95. The molecule has 3 aromatic rings. The van der Waals surface area contributed by atoms with Crippen LogP contribution in [0.2, 0.25) is 0 Å². The number of rotatable bonds is 5. The zero-order chi connectivity index (χ0) is 16.9. The molecule has 0 aliphatic heterocycles. The summed E-state index contributed by atoms with van der Waals surface area (Å²) in [6.07, 6.45) is 5.97. The summed E-state index contributed by atoms with van der Waals surface area (Å²) in [7, 11) is 0. The van der Waals surface area contributed by atoms with Gasteiger partial charge in [-0.2, -0.15) is 0 Å². The van der Waals surface area contributed by atoms with E-state index >= 15 is 0 Å². The maximum absolute atomic E-state index is 11.9. The van der Waals surface area contributed by atoms with Crippen molar-refractivity contribution in [1.82, 2.24) is 19.9 Å². The van der Waals surface area contributed by atoms with Gasteiger partial charge in [-0.3, -0.25) is 9.20 Å². The second-order valence-electron chi connectivity index (χ2n) is 5.78. The van der Waals surface area contributed by atoms with Gasteiger partial charge in [0.1, 0.15) is 5.82 Å². The summed E-state index contributed by atoms with van der Waals surface area (Å²) in [6.45, 7) is 4.62. The van der Waals surface area contributed by atoms with Crippen molar-refractivity contribution in [2.45, 2.75) is 20.3 Å². The van der Waals surface area contributed by atoms with Gasteiger partial charge in [-0.25, -0.2) is 0 Å². The summed E-state index contributed by atoms with van der Waals surface area (Å²) in [5.74, 6) is 0.730. The number of fused-ring (bicyclic) bond motifs is 1. The van der Waals surface area contributed by atoms with Crippen molar-refractivity contribution in [2.24, 2.45) is 0 Å². The number of benzene rings is 1. The van der Waals surface area contributed by atoms with Crippen molar-refractivity contribution in [3.05, 3.63) is 71.2 Å². The minimum absolute atomic E-state index is 0.108. The molecule has 1 amide bonds. The average molecular weight is 320 g/mol. The Balaban J connectivity index is 1.55. The van der Waals surface area contributed by atoms with Gasteiger partial charge >= 0.3 is 0 Å². The van der Waals surface area contributed by atoms with Crippen molar-refractivity contribution in [2.75, 3.05) is 6.54 Å². The van der Waals surface area contributed by atoms with Gasteiger partial charge in [0.2, 0.25) is 5.91 Å². The molecular weight excluding hydrogens is 300 g/mol. The van der Waals surface area contributed by atoms with Gasteiger partial charge in [0.25, 0.3) is 0 Å². The fourth-order valence-electron chi connectivity index (χ4n) is 2.60. The maximum atomic E-state index is 11.9. The lowest BCUT2D eigenvalue weighted by Crippen LogP contribution is -2.24. The van der Waals surface area contributed by atoms with E-state index in [1.54, 1.807) is 6.08 Å². The highest BCUT2D eigenvalue weighted by molar-refractivity contribution is 5.91. The summed E-state index contributed by atoms with van der Waals surface area (Å²) in [5, 5.41) is 11.1. The Hall–Kier alpha value is -2.95. The molecule has 1 aromatic carbocycles. The molecule has 0 saturated heterocycles. The van der Waals surface area contributed by atoms with Crippen LogP contribution in [0, 0.1) is 13.8 Å². The number of pyridine rings is 1. The molecule has 2 heterocycles. The number of carbonyl (C=O) groups is 1. The molecule has 5 nitrogen and oxygen atoms in total. The number of nitrogens with one attached hydrogen (secondary N) is 1. The first-order chi connectivity index (χ1) is 11.6. The number of aromatic nitrogens is 3. The van der Waals surface area contributed by atoms with Crippen LogP contribution in [0.4, 0.5) is 0 Å². The zero-order valence-corrected chi connectivity index (χ0v) is 13.9. The molecule has 2 aromatic heterocycles. The lowest BCUT2D eigenvalue weighted by atomic mass is 10.1. The predicted molar refractivity (Wildman–Crippen MR) is 94.7 cm³/mol. The van der Waals surface area contributed by atoms with Gasteiger partial charge in [-0.05, 0) is 43.2 Å². The Kier molecular flexibility index (Phi) is 4.70. The van der Waals surface area contributed by atoms with Gasteiger partial charge in [0.05, 0.1) is 0 Å². The number of nitrogens with zero attached hydrogens (tertiary/aromatic N) is 3.